The van der Waals surface area contributed by atoms with Crippen molar-refractivity contribution in [1.82, 2.24) is 14.5 Å². The highest BCUT2D eigenvalue weighted by Crippen LogP contribution is 2.33. The summed E-state index contributed by atoms with van der Waals surface area (Å²) >= 11 is 9.44. The van der Waals surface area contributed by atoms with E-state index >= 15 is 0 Å². The molecule has 0 unspecified atom stereocenters. The Kier molecular flexibility index (Phi) is 6.18. The molecule has 0 saturated carbocycles. The molecule has 0 N–H and O–H groups in total. The maximum absolute atomic E-state index is 13.3. The molecule has 1 amide bonds. The van der Waals surface area contributed by atoms with Crippen LogP contribution >= 0.6 is 34.7 Å². The van der Waals surface area contributed by atoms with Crippen LogP contribution in [0.5, 0.6) is 0 Å². The van der Waals surface area contributed by atoms with Crippen LogP contribution < -0.4 is 4.90 Å². The molecule has 4 aromatic rings. The second-order valence-electron chi connectivity index (χ2n) is 6.42. The standard InChI is InChI=1S/C21H19ClN4OS2/c1-28-16-8-6-15(7-9-16)20(27)26(12-3-11-25-13-10-23-14-25)21-24-19-17(22)4-2-5-18(19)29-21/h2,4-10,13-14H,3,11-12H2,1H3. The van der Waals surface area contributed by atoms with E-state index in [9.17, 15) is 4.79 Å². The number of aromatic nitrogens is 3. The van der Waals surface area contributed by atoms with E-state index in [1.807, 2.05) is 59.5 Å². The van der Waals surface area contributed by atoms with Crippen LogP contribution in [0.4, 0.5) is 5.13 Å². The Morgan fingerprint density at radius 3 is 2.76 bits per heavy atom. The Balaban J connectivity index is 1.63. The number of carbonyl (C=O) groups is 1. The van der Waals surface area contributed by atoms with E-state index in [0.29, 0.717) is 22.3 Å². The van der Waals surface area contributed by atoms with Gasteiger partial charge in [0, 0.05) is 35.9 Å². The molecule has 4 rings (SSSR count). The fourth-order valence-electron chi connectivity index (χ4n) is 3.02. The molecular formula is C21H19ClN4OS2. The summed E-state index contributed by atoms with van der Waals surface area (Å²) in [5.74, 6) is -0.0570. The van der Waals surface area contributed by atoms with Gasteiger partial charge in [-0.1, -0.05) is 29.0 Å². The number of benzene rings is 2. The third-order valence-electron chi connectivity index (χ3n) is 4.53. The number of fused-ring (bicyclic) bond motifs is 1. The van der Waals surface area contributed by atoms with Crippen molar-refractivity contribution < 1.29 is 4.79 Å². The molecule has 5 nitrogen and oxygen atoms in total. The summed E-state index contributed by atoms with van der Waals surface area (Å²) < 4.78 is 2.98. The molecule has 0 aliphatic heterocycles. The molecule has 148 valence electrons. The highest BCUT2D eigenvalue weighted by molar-refractivity contribution is 7.98. The number of amides is 1. The van der Waals surface area contributed by atoms with Gasteiger partial charge in [-0.25, -0.2) is 9.97 Å². The zero-order valence-corrected chi connectivity index (χ0v) is 18.2. The topological polar surface area (TPSA) is 51.0 Å². The number of nitrogens with zero attached hydrogens (tertiary/aromatic N) is 4. The van der Waals surface area contributed by atoms with E-state index in [0.717, 1.165) is 28.1 Å². The number of carbonyl (C=O) groups excluding carboxylic acids is 1. The second kappa shape index (κ2) is 8.98. The van der Waals surface area contributed by atoms with Crippen molar-refractivity contribution in [2.75, 3.05) is 17.7 Å². The number of anilines is 1. The number of aryl methyl sites for hydroxylation is 1. The van der Waals surface area contributed by atoms with E-state index in [-0.39, 0.29) is 5.91 Å². The third kappa shape index (κ3) is 4.47. The van der Waals surface area contributed by atoms with Crippen molar-refractivity contribution in [3.05, 3.63) is 71.8 Å². The number of halogens is 1. The monoisotopic (exact) mass is 442 g/mol. The maximum Gasteiger partial charge on any atom is 0.260 e. The molecule has 0 aliphatic rings. The van der Waals surface area contributed by atoms with Gasteiger partial charge in [0.25, 0.3) is 5.91 Å². The van der Waals surface area contributed by atoms with Crippen LogP contribution in [-0.4, -0.2) is 33.2 Å². The minimum absolute atomic E-state index is 0.0570. The Hall–Kier alpha value is -2.35. The van der Waals surface area contributed by atoms with Gasteiger partial charge in [0.05, 0.1) is 16.0 Å². The lowest BCUT2D eigenvalue weighted by atomic mass is 10.2. The molecule has 2 aromatic carbocycles. The molecule has 0 saturated heterocycles. The Morgan fingerprint density at radius 1 is 1.24 bits per heavy atom. The smallest absolute Gasteiger partial charge is 0.260 e. The predicted molar refractivity (Wildman–Crippen MR) is 121 cm³/mol. The average molecular weight is 443 g/mol. The molecule has 0 bridgehead atoms. The van der Waals surface area contributed by atoms with Crippen molar-refractivity contribution >= 4 is 56.0 Å². The molecule has 0 atom stereocenters. The van der Waals surface area contributed by atoms with Crippen LogP contribution in [0.1, 0.15) is 16.8 Å². The van der Waals surface area contributed by atoms with Gasteiger partial charge in [-0.15, -0.1) is 11.8 Å². The Labute approximate surface area is 182 Å². The van der Waals surface area contributed by atoms with Gasteiger partial charge in [0.1, 0.15) is 5.52 Å². The number of hydrogen-bond donors (Lipinski definition) is 0. The van der Waals surface area contributed by atoms with Crippen LogP contribution in [0.15, 0.2) is 66.1 Å². The van der Waals surface area contributed by atoms with Gasteiger partial charge >= 0.3 is 0 Å². The molecule has 0 fully saturated rings. The van der Waals surface area contributed by atoms with Crippen LogP contribution in [-0.2, 0) is 6.54 Å². The van der Waals surface area contributed by atoms with Crippen LogP contribution in [0.25, 0.3) is 10.2 Å². The number of rotatable bonds is 7. The molecule has 2 aromatic heterocycles. The summed E-state index contributed by atoms with van der Waals surface area (Å²) in [5.41, 5.74) is 1.38. The van der Waals surface area contributed by atoms with E-state index < -0.39 is 0 Å². The first-order chi connectivity index (χ1) is 14.2. The second-order valence-corrected chi connectivity index (χ2v) is 8.72. The fraction of sp³-hybridized carbons (Fsp3) is 0.190. The first-order valence-corrected chi connectivity index (χ1v) is 11.5. The number of imidazole rings is 1. The van der Waals surface area contributed by atoms with Crippen LogP contribution in [0, 0.1) is 0 Å². The van der Waals surface area contributed by atoms with Gasteiger partial charge in [-0.05, 0) is 49.1 Å². The zero-order chi connectivity index (χ0) is 20.2. The van der Waals surface area contributed by atoms with Crippen molar-refractivity contribution in [1.29, 1.82) is 0 Å². The van der Waals surface area contributed by atoms with Crippen molar-refractivity contribution in [3.8, 4) is 0 Å². The normalized spacial score (nSPS) is 11.1. The minimum Gasteiger partial charge on any atom is -0.337 e. The van der Waals surface area contributed by atoms with Crippen LogP contribution in [0.2, 0.25) is 5.02 Å². The molecule has 0 aliphatic carbocycles. The summed E-state index contributed by atoms with van der Waals surface area (Å²) in [6.45, 7) is 1.33. The lowest BCUT2D eigenvalue weighted by molar-refractivity contribution is 0.0986. The Morgan fingerprint density at radius 2 is 2.07 bits per heavy atom. The fourth-order valence-corrected chi connectivity index (χ4v) is 4.72. The average Bonchev–Trinajstić information content (AvgIpc) is 3.41. The third-order valence-corrected chi connectivity index (χ3v) is 6.62. The SMILES string of the molecule is CSc1ccc(C(=O)N(CCCn2ccnc2)c2nc3c(Cl)cccc3s2)cc1. The predicted octanol–water partition coefficient (Wildman–Crippen LogP) is 5.61. The van der Waals surface area contributed by atoms with Gasteiger partial charge in [0.15, 0.2) is 5.13 Å². The summed E-state index contributed by atoms with van der Waals surface area (Å²) in [7, 11) is 0. The van der Waals surface area contributed by atoms with Gasteiger partial charge in [-0.2, -0.15) is 0 Å². The van der Waals surface area contributed by atoms with Gasteiger partial charge in [-0.3, -0.25) is 9.69 Å². The first kappa shape index (κ1) is 19.9. The number of hydrogen-bond acceptors (Lipinski definition) is 5. The lowest BCUT2D eigenvalue weighted by Crippen LogP contribution is -2.32. The summed E-state index contributed by atoms with van der Waals surface area (Å²) in [6.07, 6.45) is 8.26. The molecule has 2 heterocycles. The molecular weight excluding hydrogens is 424 g/mol. The quantitative estimate of drug-likeness (QED) is 0.349. The lowest BCUT2D eigenvalue weighted by Gasteiger charge is -2.20. The molecule has 29 heavy (non-hydrogen) atoms. The number of thioether (sulfide) groups is 1. The van der Waals surface area contributed by atoms with E-state index in [1.54, 1.807) is 29.2 Å². The Bertz CT molecular complexity index is 1110. The largest absolute Gasteiger partial charge is 0.337 e. The zero-order valence-electron chi connectivity index (χ0n) is 15.8. The van der Waals surface area contributed by atoms with Gasteiger partial charge < -0.3 is 4.57 Å². The van der Waals surface area contributed by atoms with E-state index in [2.05, 4.69) is 9.97 Å². The van der Waals surface area contributed by atoms with Crippen molar-refractivity contribution in [2.24, 2.45) is 0 Å². The molecule has 0 radical (unpaired) electrons. The summed E-state index contributed by atoms with van der Waals surface area (Å²) in [4.78, 5) is 25.0. The molecule has 0 spiro atoms. The summed E-state index contributed by atoms with van der Waals surface area (Å²) in [5, 5.41) is 1.26. The van der Waals surface area contributed by atoms with Crippen molar-refractivity contribution in [2.45, 2.75) is 17.9 Å². The van der Waals surface area contributed by atoms with Crippen LogP contribution in [0.3, 0.4) is 0 Å². The highest BCUT2D eigenvalue weighted by Gasteiger charge is 2.21. The number of thiazole rings is 1. The minimum atomic E-state index is -0.0570. The number of para-hydroxylation sites is 1. The van der Waals surface area contributed by atoms with Crippen molar-refractivity contribution in [3.63, 3.8) is 0 Å². The molecule has 8 heteroatoms. The van der Waals surface area contributed by atoms with E-state index in [4.69, 9.17) is 11.6 Å². The van der Waals surface area contributed by atoms with E-state index in [1.165, 1.54) is 11.3 Å². The summed E-state index contributed by atoms with van der Waals surface area (Å²) in [6, 6.07) is 13.4. The van der Waals surface area contributed by atoms with Gasteiger partial charge in [0.2, 0.25) is 0 Å². The maximum atomic E-state index is 13.3. The first-order valence-electron chi connectivity index (χ1n) is 9.12. The highest BCUT2D eigenvalue weighted by atomic mass is 35.5.